The van der Waals surface area contributed by atoms with Crippen molar-refractivity contribution in [2.45, 2.75) is 33.6 Å². The van der Waals surface area contributed by atoms with Crippen LogP contribution in [0.2, 0.25) is 0 Å². The molecule has 0 heteroatoms. The molecule has 1 aliphatic rings. The summed E-state index contributed by atoms with van der Waals surface area (Å²) in [5, 5.41) is 0. The number of hydrogen-bond donors (Lipinski definition) is 0. The molecule has 0 aromatic heterocycles. The minimum atomic E-state index is 1.11. The van der Waals surface area contributed by atoms with Crippen LogP contribution in [0, 0.1) is 0 Å². The molecule has 0 N–H and O–H groups in total. The van der Waals surface area contributed by atoms with E-state index in [0.717, 1.165) is 18.4 Å². The Morgan fingerprint density at radius 2 is 1.93 bits per heavy atom. The number of hydrogen-bond acceptors (Lipinski definition) is 0. The minimum Gasteiger partial charge on any atom is -0.0912 e. The molecule has 0 aromatic rings. The van der Waals surface area contributed by atoms with Gasteiger partial charge in [0.15, 0.2) is 0 Å². The van der Waals surface area contributed by atoms with Crippen LogP contribution >= 0.6 is 0 Å². The Balaban J connectivity index is 3.07. The van der Waals surface area contributed by atoms with E-state index in [1.807, 2.05) is 0 Å². The maximum absolute atomic E-state index is 4.11. The SMILES string of the molecule is C=C1/C=C\C=C(\C)CCC(=C/C)/C1=C\C. The van der Waals surface area contributed by atoms with E-state index in [1.54, 1.807) is 0 Å². The fourth-order valence-corrected chi connectivity index (χ4v) is 1.85. The third-order valence-corrected chi connectivity index (χ3v) is 2.80. The van der Waals surface area contributed by atoms with E-state index >= 15 is 0 Å². The molecule has 0 atom stereocenters. The highest BCUT2D eigenvalue weighted by Gasteiger charge is 2.07. The predicted octanol–water partition coefficient (Wildman–Crippen LogP) is 4.73. The van der Waals surface area contributed by atoms with Crippen LogP contribution in [0.4, 0.5) is 0 Å². The van der Waals surface area contributed by atoms with Crippen molar-refractivity contribution < 1.29 is 0 Å². The van der Waals surface area contributed by atoms with Crippen LogP contribution in [0.15, 0.2) is 59.3 Å². The van der Waals surface area contributed by atoms with E-state index < -0.39 is 0 Å². The zero-order valence-electron chi connectivity index (χ0n) is 10.0. The van der Waals surface area contributed by atoms with Gasteiger partial charge in [0.1, 0.15) is 0 Å². The van der Waals surface area contributed by atoms with Gasteiger partial charge in [-0.2, -0.15) is 0 Å². The molecule has 1 aliphatic carbocycles. The van der Waals surface area contributed by atoms with Gasteiger partial charge >= 0.3 is 0 Å². The van der Waals surface area contributed by atoms with E-state index in [9.17, 15) is 0 Å². The molecule has 0 spiro atoms. The molecule has 0 unspecified atom stereocenters. The lowest BCUT2D eigenvalue weighted by Gasteiger charge is -2.11. The monoisotopic (exact) mass is 200 g/mol. The quantitative estimate of drug-likeness (QED) is 0.530. The second-order valence-corrected chi connectivity index (χ2v) is 3.91. The fourth-order valence-electron chi connectivity index (χ4n) is 1.85. The smallest absolute Gasteiger partial charge is 0.0204 e. The maximum Gasteiger partial charge on any atom is -0.0204 e. The zero-order chi connectivity index (χ0) is 11.3. The third kappa shape index (κ3) is 3.09. The lowest BCUT2D eigenvalue weighted by atomic mass is 9.94. The minimum absolute atomic E-state index is 1.11. The lowest BCUT2D eigenvalue weighted by Crippen LogP contribution is -1.92. The molecule has 0 aliphatic heterocycles. The molecule has 0 saturated carbocycles. The van der Waals surface area contributed by atoms with Crippen LogP contribution in [0.3, 0.4) is 0 Å². The molecule has 0 fully saturated rings. The first-order valence-electron chi connectivity index (χ1n) is 5.54. The second-order valence-electron chi connectivity index (χ2n) is 3.91. The molecule has 0 saturated heterocycles. The normalized spacial score (nSPS) is 29.3. The molecular weight excluding hydrogens is 180 g/mol. The summed E-state index contributed by atoms with van der Waals surface area (Å²) in [5.74, 6) is 0. The first-order valence-corrected chi connectivity index (χ1v) is 5.54. The van der Waals surface area contributed by atoms with Crippen molar-refractivity contribution >= 4 is 0 Å². The van der Waals surface area contributed by atoms with Gasteiger partial charge < -0.3 is 0 Å². The molecule has 0 nitrogen and oxygen atoms in total. The highest BCUT2D eigenvalue weighted by atomic mass is 14.1. The molecule has 0 radical (unpaired) electrons. The summed E-state index contributed by atoms with van der Waals surface area (Å²) in [7, 11) is 0. The Hall–Kier alpha value is -1.30. The predicted molar refractivity (Wildman–Crippen MR) is 68.8 cm³/mol. The van der Waals surface area contributed by atoms with Crippen LogP contribution in [-0.2, 0) is 0 Å². The summed E-state index contributed by atoms with van der Waals surface area (Å²) >= 11 is 0. The number of allylic oxidation sites excluding steroid dienone is 9. The van der Waals surface area contributed by atoms with Crippen LogP contribution in [-0.4, -0.2) is 0 Å². The summed E-state index contributed by atoms with van der Waals surface area (Å²) < 4.78 is 0. The average Bonchev–Trinajstić information content (AvgIpc) is 2.28. The van der Waals surface area contributed by atoms with Crippen molar-refractivity contribution in [3.63, 3.8) is 0 Å². The Morgan fingerprint density at radius 3 is 2.53 bits per heavy atom. The van der Waals surface area contributed by atoms with Crippen molar-refractivity contribution in [2.24, 2.45) is 0 Å². The summed E-state index contributed by atoms with van der Waals surface area (Å²) in [6.45, 7) is 10.5. The van der Waals surface area contributed by atoms with Crippen LogP contribution in [0.5, 0.6) is 0 Å². The van der Waals surface area contributed by atoms with Gasteiger partial charge in [0, 0.05) is 0 Å². The molecule has 0 aromatic carbocycles. The fraction of sp³-hybridized carbons (Fsp3) is 0.333. The summed E-state index contributed by atoms with van der Waals surface area (Å²) in [4.78, 5) is 0. The topological polar surface area (TPSA) is 0 Å². The Labute approximate surface area is 93.4 Å². The highest BCUT2D eigenvalue weighted by Crippen LogP contribution is 2.26. The van der Waals surface area contributed by atoms with Gasteiger partial charge in [0.05, 0.1) is 0 Å². The highest BCUT2D eigenvalue weighted by molar-refractivity contribution is 5.51. The number of rotatable bonds is 0. The zero-order valence-corrected chi connectivity index (χ0v) is 10.0. The van der Waals surface area contributed by atoms with Crippen molar-refractivity contribution in [1.29, 1.82) is 0 Å². The van der Waals surface area contributed by atoms with E-state index in [0.29, 0.717) is 0 Å². The molecule has 80 valence electrons. The van der Waals surface area contributed by atoms with E-state index in [4.69, 9.17) is 0 Å². The van der Waals surface area contributed by atoms with Gasteiger partial charge in [-0.25, -0.2) is 0 Å². The molecule has 0 amide bonds. The second kappa shape index (κ2) is 5.55. The van der Waals surface area contributed by atoms with Crippen molar-refractivity contribution in [1.82, 2.24) is 0 Å². The van der Waals surface area contributed by atoms with Gasteiger partial charge in [-0.1, -0.05) is 42.5 Å². The third-order valence-electron chi connectivity index (χ3n) is 2.80. The van der Waals surface area contributed by atoms with Crippen molar-refractivity contribution in [2.75, 3.05) is 0 Å². The largest absolute Gasteiger partial charge is 0.0912 e. The summed E-state index contributed by atoms with van der Waals surface area (Å²) in [5.41, 5.74) is 5.23. The molecule has 1 rings (SSSR count). The van der Waals surface area contributed by atoms with E-state index in [2.05, 4.69) is 57.7 Å². The molecule has 0 bridgehead atoms. The van der Waals surface area contributed by atoms with Crippen LogP contribution in [0.25, 0.3) is 0 Å². The Morgan fingerprint density at radius 1 is 1.20 bits per heavy atom. The molecule has 15 heavy (non-hydrogen) atoms. The lowest BCUT2D eigenvalue weighted by molar-refractivity contribution is 0.933. The van der Waals surface area contributed by atoms with Gasteiger partial charge in [0.25, 0.3) is 0 Å². The van der Waals surface area contributed by atoms with Gasteiger partial charge in [-0.05, 0) is 50.3 Å². The maximum atomic E-state index is 4.11. The van der Waals surface area contributed by atoms with Crippen LogP contribution < -0.4 is 0 Å². The molecule has 0 heterocycles. The van der Waals surface area contributed by atoms with Crippen molar-refractivity contribution in [3.8, 4) is 0 Å². The Kier molecular flexibility index (Phi) is 4.36. The summed E-state index contributed by atoms with van der Waals surface area (Å²) in [6.07, 6.45) is 13.0. The first-order chi connectivity index (χ1) is 7.19. The van der Waals surface area contributed by atoms with Crippen molar-refractivity contribution in [3.05, 3.63) is 59.3 Å². The van der Waals surface area contributed by atoms with Gasteiger partial charge in [0.2, 0.25) is 0 Å². The van der Waals surface area contributed by atoms with Gasteiger partial charge in [-0.15, -0.1) is 0 Å². The van der Waals surface area contributed by atoms with E-state index in [1.165, 1.54) is 16.7 Å². The first kappa shape index (κ1) is 11.8. The Bertz CT molecular complexity index is 359. The standard InChI is InChI=1S/C15H20/c1-5-14-11-10-12(3)8-7-9-13(4)15(14)6-2/h5-9H,4,10-11H2,1-3H3/b9-7-,12-8-,14-5-,15-6-. The molecular formula is C15H20. The average molecular weight is 200 g/mol. The van der Waals surface area contributed by atoms with Gasteiger partial charge in [-0.3, -0.25) is 0 Å². The van der Waals surface area contributed by atoms with E-state index in [-0.39, 0.29) is 0 Å². The van der Waals surface area contributed by atoms with Crippen LogP contribution in [0.1, 0.15) is 33.6 Å². The summed E-state index contributed by atoms with van der Waals surface area (Å²) in [6, 6.07) is 0.